The molecule has 0 bridgehead atoms. The molecule has 2 rings (SSSR count). The summed E-state index contributed by atoms with van der Waals surface area (Å²) in [5, 5.41) is 0. The van der Waals surface area contributed by atoms with E-state index in [1.165, 1.54) is 0 Å². The molecule has 0 saturated heterocycles. The molecule has 0 saturated carbocycles. The van der Waals surface area contributed by atoms with Crippen LogP contribution in [0.25, 0.3) is 11.3 Å². The van der Waals surface area contributed by atoms with Gasteiger partial charge in [-0.15, -0.1) is 0 Å². The zero-order valence-corrected chi connectivity index (χ0v) is 9.10. The first-order valence-electron chi connectivity index (χ1n) is 5.32. The molecule has 0 radical (unpaired) electrons. The minimum atomic E-state index is 0.391. The van der Waals surface area contributed by atoms with Gasteiger partial charge < -0.3 is 4.42 Å². The van der Waals surface area contributed by atoms with E-state index >= 15 is 0 Å². The molecule has 0 N–H and O–H groups in total. The Hall–Kier alpha value is -1.57. The zero-order chi connectivity index (χ0) is 10.7. The molecule has 2 aromatic rings. The van der Waals surface area contributed by atoms with Crippen LogP contribution in [0.4, 0.5) is 0 Å². The smallest absolute Gasteiger partial charge is 0.197 e. The first kappa shape index (κ1) is 9.97. The first-order valence-corrected chi connectivity index (χ1v) is 5.32. The monoisotopic (exact) mass is 201 g/mol. The third-order valence-electron chi connectivity index (χ3n) is 2.63. The SMILES string of the molecule is CCC(C)c1nc(-c2ccccc2)co1. The number of hydrogen-bond donors (Lipinski definition) is 0. The molecule has 1 unspecified atom stereocenters. The second-order valence-corrected chi connectivity index (χ2v) is 3.75. The van der Waals surface area contributed by atoms with Crippen molar-refractivity contribution in [3.63, 3.8) is 0 Å². The van der Waals surface area contributed by atoms with Crippen molar-refractivity contribution in [3.8, 4) is 11.3 Å². The minimum Gasteiger partial charge on any atom is -0.448 e. The average Bonchev–Trinajstić information content (AvgIpc) is 2.78. The summed E-state index contributed by atoms with van der Waals surface area (Å²) < 4.78 is 5.46. The lowest BCUT2D eigenvalue weighted by molar-refractivity contribution is 0.453. The van der Waals surface area contributed by atoms with E-state index in [1.54, 1.807) is 6.26 Å². The van der Waals surface area contributed by atoms with Gasteiger partial charge in [0.25, 0.3) is 0 Å². The Morgan fingerprint density at radius 3 is 2.67 bits per heavy atom. The van der Waals surface area contributed by atoms with Crippen molar-refractivity contribution < 1.29 is 4.42 Å². The maximum atomic E-state index is 5.46. The minimum absolute atomic E-state index is 0.391. The van der Waals surface area contributed by atoms with Crippen molar-refractivity contribution in [2.75, 3.05) is 0 Å². The van der Waals surface area contributed by atoms with Gasteiger partial charge >= 0.3 is 0 Å². The third-order valence-corrected chi connectivity index (χ3v) is 2.63. The summed E-state index contributed by atoms with van der Waals surface area (Å²) in [4.78, 5) is 4.48. The van der Waals surface area contributed by atoms with E-state index in [0.29, 0.717) is 5.92 Å². The summed E-state index contributed by atoms with van der Waals surface area (Å²) >= 11 is 0. The van der Waals surface area contributed by atoms with Crippen molar-refractivity contribution in [2.24, 2.45) is 0 Å². The number of rotatable bonds is 3. The Morgan fingerprint density at radius 2 is 2.00 bits per heavy atom. The molecule has 0 fully saturated rings. The molecule has 0 aliphatic heterocycles. The van der Waals surface area contributed by atoms with Crippen molar-refractivity contribution in [2.45, 2.75) is 26.2 Å². The Bertz CT molecular complexity index is 419. The molecule has 2 heteroatoms. The van der Waals surface area contributed by atoms with Crippen molar-refractivity contribution in [1.29, 1.82) is 0 Å². The van der Waals surface area contributed by atoms with E-state index in [0.717, 1.165) is 23.6 Å². The second kappa shape index (κ2) is 4.30. The van der Waals surface area contributed by atoms with Crippen molar-refractivity contribution in [3.05, 3.63) is 42.5 Å². The standard InChI is InChI=1S/C13H15NO/c1-3-10(2)13-14-12(9-15-13)11-7-5-4-6-8-11/h4-10H,3H2,1-2H3. The number of hydrogen-bond acceptors (Lipinski definition) is 2. The normalized spacial score (nSPS) is 12.7. The molecule has 1 aromatic heterocycles. The zero-order valence-electron chi connectivity index (χ0n) is 9.10. The lowest BCUT2D eigenvalue weighted by Gasteiger charge is -2.00. The molecule has 2 nitrogen and oxygen atoms in total. The molecular formula is C13H15NO. The third kappa shape index (κ3) is 2.09. The fourth-order valence-corrected chi connectivity index (χ4v) is 1.43. The number of benzene rings is 1. The fourth-order valence-electron chi connectivity index (χ4n) is 1.43. The Morgan fingerprint density at radius 1 is 1.27 bits per heavy atom. The largest absolute Gasteiger partial charge is 0.448 e. The second-order valence-electron chi connectivity index (χ2n) is 3.75. The number of oxazole rings is 1. The number of aromatic nitrogens is 1. The van der Waals surface area contributed by atoms with Crippen LogP contribution in [0.15, 0.2) is 41.0 Å². The maximum Gasteiger partial charge on any atom is 0.197 e. The van der Waals surface area contributed by atoms with Gasteiger partial charge in [0.1, 0.15) is 12.0 Å². The molecule has 0 spiro atoms. The summed E-state index contributed by atoms with van der Waals surface area (Å²) in [7, 11) is 0. The molecule has 1 aromatic carbocycles. The van der Waals surface area contributed by atoms with Crippen LogP contribution in [0.5, 0.6) is 0 Å². The predicted octanol–water partition coefficient (Wildman–Crippen LogP) is 3.86. The van der Waals surface area contributed by atoms with Crippen molar-refractivity contribution >= 4 is 0 Å². The van der Waals surface area contributed by atoms with Crippen LogP contribution in [0.3, 0.4) is 0 Å². The van der Waals surface area contributed by atoms with E-state index in [9.17, 15) is 0 Å². The number of nitrogens with zero attached hydrogens (tertiary/aromatic N) is 1. The highest BCUT2D eigenvalue weighted by Crippen LogP contribution is 2.23. The molecule has 1 atom stereocenters. The van der Waals surface area contributed by atoms with Crippen LogP contribution in [0.2, 0.25) is 0 Å². The molecule has 1 heterocycles. The lowest BCUT2D eigenvalue weighted by atomic mass is 10.1. The maximum absolute atomic E-state index is 5.46. The Labute approximate surface area is 90.0 Å². The highest BCUT2D eigenvalue weighted by molar-refractivity contribution is 5.57. The van der Waals surface area contributed by atoms with E-state index in [4.69, 9.17) is 4.42 Å². The molecular weight excluding hydrogens is 186 g/mol. The van der Waals surface area contributed by atoms with Gasteiger partial charge in [-0.3, -0.25) is 0 Å². The van der Waals surface area contributed by atoms with E-state index in [-0.39, 0.29) is 0 Å². The van der Waals surface area contributed by atoms with Crippen LogP contribution in [0, 0.1) is 0 Å². The first-order chi connectivity index (χ1) is 7.31. The highest BCUT2D eigenvalue weighted by Gasteiger charge is 2.10. The van der Waals surface area contributed by atoms with Gasteiger partial charge in [0.15, 0.2) is 5.89 Å². The van der Waals surface area contributed by atoms with Crippen LogP contribution in [-0.4, -0.2) is 4.98 Å². The molecule has 0 aliphatic carbocycles. The summed E-state index contributed by atoms with van der Waals surface area (Å²) in [6, 6.07) is 10.1. The van der Waals surface area contributed by atoms with Gasteiger partial charge in [0.2, 0.25) is 0 Å². The van der Waals surface area contributed by atoms with E-state index < -0.39 is 0 Å². The van der Waals surface area contributed by atoms with Crippen LogP contribution < -0.4 is 0 Å². The molecule has 0 aliphatic rings. The summed E-state index contributed by atoms with van der Waals surface area (Å²) in [6.07, 6.45) is 2.78. The molecule has 15 heavy (non-hydrogen) atoms. The summed E-state index contributed by atoms with van der Waals surface area (Å²) in [5.74, 6) is 1.22. The average molecular weight is 201 g/mol. The summed E-state index contributed by atoms with van der Waals surface area (Å²) in [6.45, 7) is 4.26. The van der Waals surface area contributed by atoms with Gasteiger partial charge in [-0.25, -0.2) is 4.98 Å². The topological polar surface area (TPSA) is 26.0 Å². The van der Waals surface area contributed by atoms with E-state index in [2.05, 4.69) is 18.8 Å². The fraction of sp³-hybridized carbons (Fsp3) is 0.308. The van der Waals surface area contributed by atoms with Gasteiger partial charge in [-0.05, 0) is 6.42 Å². The molecule has 78 valence electrons. The van der Waals surface area contributed by atoms with Gasteiger partial charge in [-0.1, -0.05) is 44.2 Å². The van der Waals surface area contributed by atoms with Crippen LogP contribution in [-0.2, 0) is 0 Å². The lowest BCUT2D eigenvalue weighted by Crippen LogP contribution is -1.90. The van der Waals surface area contributed by atoms with Gasteiger partial charge in [0, 0.05) is 11.5 Å². The predicted molar refractivity (Wildman–Crippen MR) is 60.6 cm³/mol. The van der Waals surface area contributed by atoms with Gasteiger partial charge in [0.05, 0.1) is 0 Å². The molecule has 0 amide bonds. The van der Waals surface area contributed by atoms with Crippen molar-refractivity contribution in [1.82, 2.24) is 4.98 Å². The quantitative estimate of drug-likeness (QED) is 0.753. The summed E-state index contributed by atoms with van der Waals surface area (Å²) in [5.41, 5.74) is 2.03. The Kier molecular flexibility index (Phi) is 2.86. The highest BCUT2D eigenvalue weighted by atomic mass is 16.3. The van der Waals surface area contributed by atoms with Crippen LogP contribution in [0.1, 0.15) is 32.1 Å². The van der Waals surface area contributed by atoms with Crippen LogP contribution >= 0.6 is 0 Å². The Balaban J connectivity index is 2.28. The van der Waals surface area contributed by atoms with E-state index in [1.807, 2.05) is 30.3 Å². The van der Waals surface area contributed by atoms with Gasteiger partial charge in [-0.2, -0.15) is 0 Å².